The predicted molar refractivity (Wildman–Crippen MR) is 79.1 cm³/mol. The molecule has 19 heavy (non-hydrogen) atoms. The zero-order valence-corrected chi connectivity index (χ0v) is 11.4. The Morgan fingerprint density at radius 3 is 2.68 bits per heavy atom. The molecule has 0 saturated heterocycles. The number of hydrogen-bond donors (Lipinski definition) is 1. The number of para-hydroxylation sites is 1. The quantitative estimate of drug-likeness (QED) is 0.870. The third-order valence-electron chi connectivity index (χ3n) is 2.88. The van der Waals surface area contributed by atoms with Crippen LogP contribution in [0.5, 0.6) is 0 Å². The molecular weight excluding hydrogens is 258 g/mol. The van der Waals surface area contributed by atoms with Crippen LogP contribution in [0.1, 0.15) is 11.1 Å². The van der Waals surface area contributed by atoms with Crippen LogP contribution >= 0.6 is 11.6 Å². The van der Waals surface area contributed by atoms with Crippen LogP contribution in [0, 0.1) is 11.3 Å². The van der Waals surface area contributed by atoms with Gasteiger partial charge in [-0.25, -0.2) is 0 Å². The Morgan fingerprint density at radius 1 is 1.26 bits per heavy atom. The van der Waals surface area contributed by atoms with E-state index in [4.69, 9.17) is 22.6 Å². The highest BCUT2D eigenvalue weighted by Gasteiger charge is 2.10. The van der Waals surface area contributed by atoms with E-state index in [1.807, 2.05) is 48.3 Å². The molecule has 0 aliphatic carbocycles. The van der Waals surface area contributed by atoms with Gasteiger partial charge in [-0.2, -0.15) is 5.26 Å². The molecule has 0 fully saturated rings. The molecule has 2 N–H and O–H groups in total. The van der Waals surface area contributed by atoms with Crippen LogP contribution in [0.15, 0.2) is 42.5 Å². The minimum atomic E-state index is 0.624. The van der Waals surface area contributed by atoms with Gasteiger partial charge in [0.25, 0.3) is 0 Å². The third kappa shape index (κ3) is 2.98. The molecule has 96 valence electrons. The molecule has 0 aromatic heterocycles. The lowest BCUT2D eigenvalue weighted by atomic mass is 10.1. The lowest BCUT2D eigenvalue weighted by Gasteiger charge is -2.22. The van der Waals surface area contributed by atoms with Crippen LogP contribution < -0.4 is 10.6 Å². The predicted octanol–water partition coefficient (Wildman–Crippen LogP) is 3.43. The van der Waals surface area contributed by atoms with Crippen LogP contribution in [0.4, 0.5) is 11.4 Å². The maximum absolute atomic E-state index is 8.90. The Balaban J connectivity index is 2.26. The molecule has 0 bridgehead atoms. The number of nitrogen functional groups attached to an aromatic ring is 1. The molecule has 3 nitrogen and oxygen atoms in total. The zero-order valence-electron chi connectivity index (χ0n) is 10.6. The largest absolute Gasteiger partial charge is 0.397 e. The van der Waals surface area contributed by atoms with E-state index in [9.17, 15) is 0 Å². The van der Waals surface area contributed by atoms with Gasteiger partial charge in [0.05, 0.1) is 28.0 Å². The lowest BCUT2D eigenvalue weighted by Crippen LogP contribution is -2.18. The number of nitrogens with two attached hydrogens (primary N) is 1. The lowest BCUT2D eigenvalue weighted by molar-refractivity contribution is 0.924. The molecule has 0 heterocycles. The van der Waals surface area contributed by atoms with Gasteiger partial charge in [0.2, 0.25) is 0 Å². The molecular formula is C15H14ClN3. The van der Waals surface area contributed by atoms with Crippen molar-refractivity contribution in [1.29, 1.82) is 5.26 Å². The van der Waals surface area contributed by atoms with Crippen LogP contribution in [-0.4, -0.2) is 7.05 Å². The van der Waals surface area contributed by atoms with Crippen molar-refractivity contribution in [1.82, 2.24) is 0 Å². The van der Waals surface area contributed by atoms with Crippen molar-refractivity contribution < 1.29 is 0 Å². The minimum absolute atomic E-state index is 0.624. The Bertz CT molecular complexity index is 611. The fourth-order valence-electron chi connectivity index (χ4n) is 2.03. The number of nitriles is 1. The van der Waals surface area contributed by atoms with Crippen molar-refractivity contribution in [3.05, 3.63) is 58.6 Å². The first-order valence-electron chi connectivity index (χ1n) is 5.86. The molecule has 0 atom stereocenters. The average molecular weight is 272 g/mol. The second kappa shape index (κ2) is 5.64. The van der Waals surface area contributed by atoms with Gasteiger partial charge in [-0.15, -0.1) is 0 Å². The Kier molecular flexibility index (Phi) is 3.94. The summed E-state index contributed by atoms with van der Waals surface area (Å²) in [7, 11) is 1.93. The van der Waals surface area contributed by atoms with Gasteiger partial charge in [0, 0.05) is 13.6 Å². The Morgan fingerprint density at radius 2 is 2.00 bits per heavy atom. The minimum Gasteiger partial charge on any atom is -0.397 e. The standard InChI is InChI=1S/C15H14ClN3/c1-19(15-13(16)6-3-7-14(15)18)10-12-5-2-4-11(8-12)9-17/h2-8H,10,18H2,1H3. The van der Waals surface area contributed by atoms with Gasteiger partial charge in [0.15, 0.2) is 0 Å². The first kappa shape index (κ1) is 13.3. The van der Waals surface area contributed by atoms with E-state index >= 15 is 0 Å². The first-order valence-corrected chi connectivity index (χ1v) is 6.24. The van der Waals surface area contributed by atoms with E-state index in [1.165, 1.54) is 0 Å². The van der Waals surface area contributed by atoms with Crippen LogP contribution in [-0.2, 0) is 6.54 Å². The summed E-state index contributed by atoms with van der Waals surface area (Å²) in [5, 5.41) is 9.52. The highest BCUT2D eigenvalue weighted by molar-refractivity contribution is 6.33. The van der Waals surface area contributed by atoms with E-state index in [2.05, 4.69) is 6.07 Å². The number of hydrogen-bond acceptors (Lipinski definition) is 3. The Labute approximate surface area is 117 Å². The number of nitrogens with zero attached hydrogens (tertiary/aromatic N) is 2. The van der Waals surface area contributed by atoms with Crippen molar-refractivity contribution in [2.24, 2.45) is 0 Å². The van der Waals surface area contributed by atoms with E-state index in [0.717, 1.165) is 11.3 Å². The summed E-state index contributed by atoms with van der Waals surface area (Å²) in [6.45, 7) is 0.642. The van der Waals surface area contributed by atoms with Crippen LogP contribution in [0.25, 0.3) is 0 Å². The molecule has 0 spiro atoms. The third-order valence-corrected chi connectivity index (χ3v) is 3.18. The fraction of sp³-hybridized carbons (Fsp3) is 0.133. The molecule has 0 radical (unpaired) electrons. The van der Waals surface area contributed by atoms with Crippen molar-refractivity contribution in [2.75, 3.05) is 17.7 Å². The highest BCUT2D eigenvalue weighted by atomic mass is 35.5. The smallest absolute Gasteiger partial charge is 0.0991 e. The van der Waals surface area contributed by atoms with Gasteiger partial charge in [0.1, 0.15) is 0 Å². The average Bonchev–Trinajstić information content (AvgIpc) is 2.38. The number of anilines is 2. The van der Waals surface area contributed by atoms with Crippen LogP contribution in [0.3, 0.4) is 0 Å². The van der Waals surface area contributed by atoms with Crippen molar-refractivity contribution in [3.63, 3.8) is 0 Å². The summed E-state index contributed by atoms with van der Waals surface area (Å²) >= 11 is 6.18. The van der Waals surface area contributed by atoms with E-state index in [0.29, 0.717) is 22.8 Å². The number of halogens is 1. The van der Waals surface area contributed by atoms with Crippen LogP contribution in [0.2, 0.25) is 5.02 Å². The van der Waals surface area contributed by atoms with E-state index in [-0.39, 0.29) is 0 Å². The topological polar surface area (TPSA) is 53.0 Å². The van der Waals surface area contributed by atoms with Gasteiger partial charge >= 0.3 is 0 Å². The monoisotopic (exact) mass is 271 g/mol. The summed E-state index contributed by atoms with van der Waals surface area (Å²) in [5.74, 6) is 0. The zero-order chi connectivity index (χ0) is 13.8. The number of benzene rings is 2. The van der Waals surface area contributed by atoms with Gasteiger partial charge < -0.3 is 10.6 Å². The van der Waals surface area contributed by atoms with Crippen molar-refractivity contribution in [3.8, 4) is 6.07 Å². The SMILES string of the molecule is CN(Cc1cccc(C#N)c1)c1c(N)cccc1Cl. The Hall–Kier alpha value is -2.18. The molecule has 0 aliphatic rings. The van der Waals surface area contributed by atoms with Crippen molar-refractivity contribution >= 4 is 23.0 Å². The fourth-order valence-corrected chi connectivity index (χ4v) is 2.35. The van der Waals surface area contributed by atoms with E-state index in [1.54, 1.807) is 6.07 Å². The van der Waals surface area contributed by atoms with Gasteiger partial charge in [-0.1, -0.05) is 29.8 Å². The first-order chi connectivity index (χ1) is 9.11. The maximum atomic E-state index is 8.90. The summed E-state index contributed by atoms with van der Waals surface area (Å²) in [6, 6.07) is 15.1. The number of rotatable bonds is 3. The second-order valence-corrected chi connectivity index (χ2v) is 4.75. The van der Waals surface area contributed by atoms with E-state index < -0.39 is 0 Å². The molecule has 0 amide bonds. The summed E-state index contributed by atoms with van der Waals surface area (Å²) in [6.07, 6.45) is 0. The molecule has 0 aliphatic heterocycles. The second-order valence-electron chi connectivity index (χ2n) is 4.35. The molecule has 0 unspecified atom stereocenters. The molecule has 0 saturated carbocycles. The normalized spacial score (nSPS) is 9.95. The highest BCUT2D eigenvalue weighted by Crippen LogP contribution is 2.31. The summed E-state index contributed by atoms with van der Waals surface area (Å²) < 4.78 is 0. The van der Waals surface area contributed by atoms with Gasteiger partial charge in [-0.3, -0.25) is 0 Å². The molecule has 2 rings (SSSR count). The molecule has 2 aromatic rings. The maximum Gasteiger partial charge on any atom is 0.0991 e. The summed E-state index contributed by atoms with van der Waals surface area (Å²) in [5.41, 5.74) is 9.10. The summed E-state index contributed by atoms with van der Waals surface area (Å²) in [4.78, 5) is 1.98. The van der Waals surface area contributed by atoms with Crippen molar-refractivity contribution in [2.45, 2.75) is 6.54 Å². The van der Waals surface area contributed by atoms with Gasteiger partial charge in [-0.05, 0) is 29.8 Å². The molecule has 4 heteroatoms. The molecule has 2 aromatic carbocycles.